The molecule has 0 fully saturated rings. The second-order valence-corrected chi connectivity index (χ2v) is 14.7. The van der Waals surface area contributed by atoms with E-state index in [2.05, 4.69) is 173 Å². The largest absolute Gasteiger partial charge is 0.457 e. The van der Waals surface area contributed by atoms with E-state index in [4.69, 9.17) is 20.8 Å². The van der Waals surface area contributed by atoms with Gasteiger partial charge in [-0.15, -0.1) is 0 Å². The number of hydrogen-bond acceptors (Lipinski definition) is 1. The fourth-order valence-electron chi connectivity index (χ4n) is 7.07. The van der Waals surface area contributed by atoms with Crippen LogP contribution in [0.25, 0.3) is 39.9 Å². The van der Waals surface area contributed by atoms with E-state index in [1.807, 2.05) is 0 Å². The lowest BCUT2D eigenvalue weighted by Gasteiger charge is -2.19. The van der Waals surface area contributed by atoms with Gasteiger partial charge in [0.15, 0.2) is 0 Å². The summed E-state index contributed by atoms with van der Waals surface area (Å²) in [4.78, 5) is 0. The molecule has 3 heteroatoms. The maximum absolute atomic E-state index is 7.18. The van der Waals surface area contributed by atoms with Gasteiger partial charge < -0.3 is 4.74 Å². The Balaban J connectivity index is 1.20. The molecule has 5 aromatic rings. The van der Waals surface area contributed by atoms with E-state index in [9.17, 15) is 0 Å². The number of aryl methyl sites for hydroxylation is 4. The Morgan fingerprint density at radius 2 is 1.11 bits per heavy atom. The van der Waals surface area contributed by atoms with Gasteiger partial charge in [0.1, 0.15) is 11.5 Å². The second kappa shape index (κ2) is 17.8. The quantitative estimate of drug-likeness (QED) is 0.126. The summed E-state index contributed by atoms with van der Waals surface area (Å²) in [5.41, 5.74) is 14.2. The summed E-state index contributed by atoms with van der Waals surface area (Å²) in [5, 5.41) is 0.794. The molecule has 0 amide bonds. The zero-order valence-electron chi connectivity index (χ0n) is 32.5. The highest BCUT2D eigenvalue weighted by atomic mass is 35.5. The Morgan fingerprint density at radius 1 is 0.564 bits per heavy atom. The monoisotopic (exact) mass is 741 g/mol. The Kier molecular flexibility index (Phi) is 12.3. The molecular formula is C52H50ClO2+. The number of allylic oxidation sites excluding steroid dienone is 9. The fourth-order valence-corrected chi connectivity index (χ4v) is 7.39. The van der Waals surface area contributed by atoms with Gasteiger partial charge in [-0.05, 0) is 131 Å². The predicted molar refractivity (Wildman–Crippen MR) is 233 cm³/mol. The molecule has 0 atom stereocenters. The van der Waals surface area contributed by atoms with E-state index < -0.39 is 0 Å². The molecule has 1 aromatic heterocycles. The molecule has 1 aliphatic heterocycles. The molecule has 2 nitrogen and oxygen atoms in total. The number of halogens is 1. The predicted octanol–water partition coefficient (Wildman–Crippen LogP) is 14.8. The maximum Gasteiger partial charge on any atom is 0.361 e. The zero-order valence-corrected chi connectivity index (χ0v) is 33.3. The summed E-state index contributed by atoms with van der Waals surface area (Å²) in [6, 6.07) is 39.2. The van der Waals surface area contributed by atoms with Crippen molar-refractivity contribution in [2.24, 2.45) is 0 Å². The summed E-state index contributed by atoms with van der Waals surface area (Å²) in [6.07, 6.45) is 19.5. The van der Waals surface area contributed by atoms with Gasteiger partial charge in [0.05, 0.1) is 17.7 Å². The maximum atomic E-state index is 7.18. The minimum absolute atomic E-state index is 0.786. The van der Waals surface area contributed by atoms with Crippen molar-refractivity contribution in [2.45, 2.75) is 72.6 Å². The molecule has 0 saturated carbocycles. The van der Waals surface area contributed by atoms with Crippen molar-refractivity contribution in [3.63, 3.8) is 0 Å². The first-order chi connectivity index (χ1) is 26.9. The van der Waals surface area contributed by atoms with Gasteiger partial charge in [0, 0.05) is 22.2 Å². The molecule has 0 saturated heterocycles. The van der Waals surface area contributed by atoms with Crippen molar-refractivity contribution in [1.29, 1.82) is 0 Å². The number of rotatable bonds is 11. The number of hydrogen-bond donors (Lipinski definition) is 0. The van der Waals surface area contributed by atoms with Gasteiger partial charge in [0.2, 0.25) is 0 Å². The van der Waals surface area contributed by atoms with E-state index in [1.165, 1.54) is 33.4 Å². The van der Waals surface area contributed by atoms with E-state index in [1.54, 1.807) is 0 Å². The smallest absolute Gasteiger partial charge is 0.361 e. The minimum atomic E-state index is 0.786. The zero-order chi connectivity index (χ0) is 38.1. The minimum Gasteiger partial charge on any atom is -0.457 e. The van der Waals surface area contributed by atoms with Crippen LogP contribution in [0.4, 0.5) is 0 Å². The average molecular weight is 742 g/mol. The lowest BCUT2D eigenvalue weighted by atomic mass is 9.93. The molecule has 7 rings (SSSR count). The molecule has 4 aromatic carbocycles. The fraction of sp³-hybridized carbons (Fsp3) is 0.212. The highest BCUT2D eigenvalue weighted by Crippen LogP contribution is 2.36. The highest BCUT2D eigenvalue weighted by molar-refractivity contribution is 6.32. The van der Waals surface area contributed by atoms with Crippen LogP contribution in [0, 0.1) is 0 Å². The van der Waals surface area contributed by atoms with Gasteiger partial charge in [-0.1, -0.05) is 130 Å². The Hall–Kier alpha value is -5.44. The standard InChI is InChI=1S/C52H50ClO2/c1-5-36-12-20-40(21-13-36)46-32-48(54-50(34-46)42-24-16-38(7-3)17-25-42)30-28-44-10-9-11-45(52(44)53)29-31-49-33-47(41-22-14-37(6-2)15-23-41)35-51(55-49)43-26-18-39(8-4)19-27-43/h12-35H,5-11H2,1-4H3/q+1. The van der Waals surface area contributed by atoms with Crippen molar-refractivity contribution in [3.8, 4) is 22.5 Å². The number of benzene rings is 4. The molecule has 276 valence electrons. The van der Waals surface area contributed by atoms with Crippen LogP contribution in [-0.4, -0.2) is 0 Å². The SMILES string of the molecule is CCc1ccc(C2=CC(=CC=C3CCCC(C=Cc4cc(-c5ccc(CC)cc5)cc(-c5ccc(CC)cc5)[o+]4)=C3Cl)OC(c3ccc(CC)cc3)=C2)cc1. The molecule has 0 unspecified atom stereocenters. The molecule has 0 bridgehead atoms. The molecule has 0 radical (unpaired) electrons. The molecule has 0 spiro atoms. The van der Waals surface area contributed by atoms with Crippen LogP contribution in [0.15, 0.2) is 166 Å². The van der Waals surface area contributed by atoms with Gasteiger partial charge in [0.25, 0.3) is 0 Å². The first-order valence-electron chi connectivity index (χ1n) is 19.9. The van der Waals surface area contributed by atoms with E-state index in [0.29, 0.717) is 0 Å². The molecule has 2 aliphatic rings. The normalized spacial score (nSPS) is 16.1. The molecule has 55 heavy (non-hydrogen) atoms. The van der Waals surface area contributed by atoms with Crippen molar-refractivity contribution in [3.05, 3.63) is 201 Å². The van der Waals surface area contributed by atoms with Crippen molar-refractivity contribution < 1.29 is 9.15 Å². The molecular weight excluding hydrogens is 692 g/mol. The van der Waals surface area contributed by atoms with Crippen LogP contribution in [-0.2, 0) is 30.4 Å². The van der Waals surface area contributed by atoms with E-state index in [0.717, 1.165) is 106 Å². The van der Waals surface area contributed by atoms with E-state index in [-0.39, 0.29) is 0 Å². The van der Waals surface area contributed by atoms with Crippen LogP contribution in [0.1, 0.15) is 86.1 Å². The highest BCUT2D eigenvalue weighted by Gasteiger charge is 2.20. The summed E-state index contributed by atoms with van der Waals surface area (Å²) < 4.78 is 13.1. The lowest BCUT2D eigenvalue weighted by molar-refractivity contribution is 0.398. The van der Waals surface area contributed by atoms with Gasteiger partial charge >= 0.3 is 11.5 Å². The van der Waals surface area contributed by atoms with Crippen LogP contribution in [0.2, 0.25) is 0 Å². The van der Waals surface area contributed by atoms with Crippen LogP contribution >= 0.6 is 11.6 Å². The molecule has 1 aliphatic carbocycles. The third-order valence-electron chi connectivity index (χ3n) is 10.7. The second-order valence-electron chi connectivity index (χ2n) is 14.3. The van der Waals surface area contributed by atoms with Gasteiger partial charge in [-0.3, -0.25) is 0 Å². The summed E-state index contributed by atoms with van der Waals surface area (Å²) >= 11 is 7.18. The summed E-state index contributed by atoms with van der Waals surface area (Å²) in [5.74, 6) is 3.25. The topological polar surface area (TPSA) is 20.5 Å². The van der Waals surface area contributed by atoms with Crippen LogP contribution < -0.4 is 0 Å². The van der Waals surface area contributed by atoms with Crippen LogP contribution in [0.3, 0.4) is 0 Å². The van der Waals surface area contributed by atoms with Crippen LogP contribution in [0.5, 0.6) is 0 Å². The van der Waals surface area contributed by atoms with E-state index >= 15 is 0 Å². The van der Waals surface area contributed by atoms with Crippen molar-refractivity contribution in [2.75, 3.05) is 0 Å². The van der Waals surface area contributed by atoms with Crippen molar-refractivity contribution >= 4 is 29.0 Å². The van der Waals surface area contributed by atoms with Crippen molar-refractivity contribution in [1.82, 2.24) is 0 Å². The summed E-state index contributed by atoms with van der Waals surface area (Å²) in [6.45, 7) is 8.72. The molecule has 0 N–H and O–H groups in total. The molecule has 2 heterocycles. The third kappa shape index (κ3) is 9.27. The summed E-state index contributed by atoms with van der Waals surface area (Å²) in [7, 11) is 0. The average Bonchev–Trinajstić information content (AvgIpc) is 3.25. The first kappa shape index (κ1) is 37.9. The Labute approximate surface area is 332 Å². The Bertz CT molecular complexity index is 2250. The third-order valence-corrected chi connectivity index (χ3v) is 11.1. The number of ether oxygens (including phenoxy) is 1. The van der Waals surface area contributed by atoms with Gasteiger partial charge in [-0.25, -0.2) is 4.42 Å². The lowest BCUT2D eigenvalue weighted by Crippen LogP contribution is -2.00. The first-order valence-corrected chi connectivity index (χ1v) is 20.2. The van der Waals surface area contributed by atoms with Gasteiger partial charge in [-0.2, -0.15) is 0 Å². The Morgan fingerprint density at radius 3 is 1.69 bits per heavy atom.